The van der Waals surface area contributed by atoms with Gasteiger partial charge in [-0.2, -0.15) is 0 Å². The number of benzene rings is 3. The van der Waals surface area contributed by atoms with E-state index in [2.05, 4.69) is 4.98 Å². The number of methoxy groups -OCH3 is 4. The summed E-state index contributed by atoms with van der Waals surface area (Å²) in [5, 5.41) is 1.04. The fourth-order valence-electron chi connectivity index (χ4n) is 6.10. The maximum absolute atomic E-state index is 14.1. The minimum absolute atomic E-state index is 0.0378. The lowest BCUT2D eigenvalue weighted by atomic mass is 9.86. The number of carbonyl (C=O) groups excluding carboxylic acids is 2. The largest absolute Gasteiger partial charge is 0.496 e. The molecule has 206 valence electrons. The molecule has 2 aliphatic heterocycles. The second-order valence-corrected chi connectivity index (χ2v) is 9.95. The normalized spacial score (nSPS) is 18.4. The predicted molar refractivity (Wildman–Crippen MR) is 149 cm³/mol. The number of H-pyrrole nitrogens is 1. The number of carbonyl (C=O) groups is 2. The van der Waals surface area contributed by atoms with E-state index in [4.69, 9.17) is 18.9 Å². The van der Waals surface area contributed by atoms with Crippen molar-refractivity contribution in [3.05, 3.63) is 83.0 Å². The van der Waals surface area contributed by atoms with Crippen LogP contribution < -0.4 is 18.9 Å². The van der Waals surface area contributed by atoms with Gasteiger partial charge in [0, 0.05) is 35.1 Å². The monoisotopic (exact) mass is 541 g/mol. The Kier molecular flexibility index (Phi) is 6.50. The molecule has 9 nitrogen and oxygen atoms in total. The number of rotatable bonds is 7. The van der Waals surface area contributed by atoms with E-state index >= 15 is 0 Å². The molecule has 2 aliphatic rings. The number of para-hydroxylation sites is 2. The third-order valence-electron chi connectivity index (χ3n) is 7.90. The Hall–Kier alpha value is -4.66. The highest BCUT2D eigenvalue weighted by atomic mass is 16.5. The zero-order valence-corrected chi connectivity index (χ0v) is 22.9. The summed E-state index contributed by atoms with van der Waals surface area (Å²) in [6.07, 6.45) is 0.410. The number of ether oxygens (including phenoxy) is 4. The standard InChI is InChI=1S/C31H31N3O6/c1-37-24-12-8-5-9-18(24)16-33-17-27(35)34-23(31(33)36)15-21-20-10-6-7-11-22(20)32-28(21)29(34)19-13-25(38-2)30(40-4)26(14-19)39-3/h5-14,23,29,32H,15-17H2,1-4H3. The van der Waals surface area contributed by atoms with E-state index in [-0.39, 0.29) is 24.9 Å². The summed E-state index contributed by atoms with van der Waals surface area (Å²) in [6, 6.07) is 18.0. The second-order valence-electron chi connectivity index (χ2n) is 9.95. The van der Waals surface area contributed by atoms with E-state index < -0.39 is 12.1 Å². The van der Waals surface area contributed by atoms with Crippen LogP contribution >= 0.6 is 0 Å². The first-order valence-corrected chi connectivity index (χ1v) is 13.1. The van der Waals surface area contributed by atoms with Crippen LogP contribution in [0.25, 0.3) is 10.9 Å². The van der Waals surface area contributed by atoms with Gasteiger partial charge in [-0.25, -0.2) is 0 Å². The molecule has 0 bridgehead atoms. The summed E-state index contributed by atoms with van der Waals surface area (Å²) >= 11 is 0. The highest BCUT2D eigenvalue weighted by Crippen LogP contribution is 2.47. The van der Waals surface area contributed by atoms with Crippen molar-refractivity contribution in [2.75, 3.05) is 35.0 Å². The number of nitrogens with zero attached hydrogens (tertiary/aromatic N) is 2. The van der Waals surface area contributed by atoms with Crippen LogP contribution in [0.15, 0.2) is 60.7 Å². The van der Waals surface area contributed by atoms with E-state index in [0.29, 0.717) is 29.4 Å². The maximum Gasteiger partial charge on any atom is 0.246 e. The zero-order valence-electron chi connectivity index (χ0n) is 22.9. The molecule has 0 saturated carbocycles. The van der Waals surface area contributed by atoms with E-state index in [9.17, 15) is 9.59 Å². The second kappa shape index (κ2) is 10.1. The van der Waals surface area contributed by atoms with Crippen molar-refractivity contribution in [3.63, 3.8) is 0 Å². The number of aromatic amines is 1. The number of piperazine rings is 1. The van der Waals surface area contributed by atoms with Gasteiger partial charge < -0.3 is 33.7 Å². The summed E-state index contributed by atoms with van der Waals surface area (Å²) in [6.45, 7) is 0.248. The van der Waals surface area contributed by atoms with E-state index in [1.54, 1.807) is 38.2 Å². The summed E-state index contributed by atoms with van der Waals surface area (Å²) in [7, 11) is 6.27. The van der Waals surface area contributed by atoms with Gasteiger partial charge in [-0.15, -0.1) is 0 Å². The topological polar surface area (TPSA) is 93.3 Å². The van der Waals surface area contributed by atoms with Crippen LogP contribution in [0.3, 0.4) is 0 Å². The summed E-state index contributed by atoms with van der Waals surface area (Å²) in [5.74, 6) is 1.86. The lowest BCUT2D eigenvalue weighted by Crippen LogP contribution is -2.62. The van der Waals surface area contributed by atoms with Gasteiger partial charge in [0.1, 0.15) is 18.3 Å². The van der Waals surface area contributed by atoms with Crippen molar-refractivity contribution in [3.8, 4) is 23.0 Å². The first kappa shape index (κ1) is 25.6. The molecule has 1 N–H and O–H groups in total. The quantitative estimate of drug-likeness (QED) is 0.379. The molecular weight excluding hydrogens is 510 g/mol. The number of nitrogens with one attached hydrogen (secondary N) is 1. The Labute approximate surface area is 232 Å². The van der Waals surface area contributed by atoms with Crippen molar-refractivity contribution >= 4 is 22.7 Å². The molecule has 1 fully saturated rings. The van der Waals surface area contributed by atoms with Crippen molar-refractivity contribution in [1.82, 2.24) is 14.8 Å². The third-order valence-corrected chi connectivity index (χ3v) is 7.90. The Morgan fingerprint density at radius 1 is 0.850 bits per heavy atom. The van der Waals surface area contributed by atoms with E-state index in [1.165, 1.54) is 0 Å². The number of hydrogen-bond acceptors (Lipinski definition) is 6. The molecule has 3 aromatic carbocycles. The van der Waals surface area contributed by atoms with Crippen LogP contribution in [0.2, 0.25) is 0 Å². The van der Waals surface area contributed by atoms with Crippen molar-refractivity contribution in [1.29, 1.82) is 0 Å². The predicted octanol–water partition coefficient (Wildman–Crippen LogP) is 4.09. The highest BCUT2D eigenvalue weighted by molar-refractivity contribution is 5.97. The molecule has 3 heterocycles. The fourth-order valence-corrected chi connectivity index (χ4v) is 6.10. The van der Waals surface area contributed by atoms with Gasteiger partial charge in [0.15, 0.2) is 11.5 Å². The van der Waals surface area contributed by atoms with Crippen molar-refractivity contribution in [2.45, 2.75) is 25.0 Å². The average molecular weight is 542 g/mol. The van der Waals surface area contributed by atoms with Crippen LogP contribution in [0.4, 0.5) is 0 Å². The van der Waals surface area contributed by atoms with Crippen LogP contribution in [0, 0.1) is 0 Å². The van der Waals surface area contributed by atoms with Gasteiger partial charge >= 0.3 is 0 Å². The van der Waals surface area contributed by atoms with Gasteiger partial charge in [-0.1, -0.05) is 36.4 Å². The molecule has 1 aromatic heterocycles. The Bertz CT molecular complexity index is 1590. The number of amides is 2. The van der Waals surface area contributed by atoms with Gasteiger partial charge in [0.05, 0.1) is 34.5 Å². The molecular formula is C31H31N3O6. The summed E-state index contributed by atoms with van der Waals surface area (Å²) < 4.78 is 22.3. The molecule has 6 rings (SSSR count). The van der Waals surface area contributed by atoms with Crippen molar-refractivity contribution in [2.24, 2.45) is 0 Å². The Morgan fingerprint density at radius 3 is 2.23 bits per heavy atom. The zero-order chi connectivity index (χ0) is 28.0. The molecule has 0 aliphatic carbocycles. The lowest BCUT2D eigenvalue weighted by Gasteiger charge is -2.47. The highest BCUT2D eigenvalue weighted by Gasteiger charge is 2.48. The van der Waals surface area contributed by atoms with Gasteiger partial charge in [-0.3, -0.25) is 9.59 Å². The minimum atomic E-state index is -0.674. The molecule has 2 unspecified atom stereocenters. The lowest BCUT2D eigenvalue weighted by molar-refractivity contribution is -0.159. The average Bonchev–Trinajstić information content (AvgIpc) is 3.36. The number of fused-ring (bicyclic) bond motifs is 4. The van der Waals surface area contributed by atoms with Crippen LogP contribution in [0.1, 0.15) is 28.4 Å². The molecule has 2 amide bonds. The number of hydrogen-bond donors (Lipinski definition) is 1. The van der Waals surface area contributed by atoms with Gasteiger partial charge in [0.2, 0.25) is 17.6 Å². The Balaban J connectivity index is 1.49. The van der Waals surface area contributed by atoms with E-state index in [0.717, 1.165) is 33.3 Å². The molecule has 40 heavy (non-hydrogen) atoms. The molecule has 0 radical (unpaired) electrons. The minimum Gasteiger partial charge on any atom is -0.496 e. The summed E-state index contributed by atoms with van der Waals surface area (Å²) in [4.78, 5) is 35.0. The van der Waals surface area contributed by atoms with Crippen LogP contribution in [-0.4, -0.2) is 67.6 Å². The maximum atomic E-state index is 14.1. The first-order valence-electron chi connectivity index (χ1n) is 13.1. The summed E-state index contributed by atoms with van der Waals surface area (Å²) in [5.41, 5.74) is 4.47. The SMILES string of the molecule is COc1ccccc1CN1CC(=O)N2C(Cc3c([nH]c4ccccc34)C2c2cc(OC)c(OC)c(OC)c2)C1=O. The molecule has 9 heteroatoms. The van der Waals surface area contributed by atoms with Gasteiger partial charge in [-0.05, 0) is 35.4 Å². The number of aromatic nitrogens is 1. The van der Waals surface area contributed by atoms with Crippen LogP contribution in [0.5, 0.6) is 23.0 Å². The van der Waals surface area contributed by atoms with Crippen LogP contribution in [-0.2, 0) is 22.6 Å². The smallest absolute Gasteiger partial charge is 0.246 e. The third kappa shape index (κ3) is 4.00. The van der Waals surface area contributed by atoms with E-state index in [1.807, 2.05) is 60.7 Å². The molecule has 1 saturated heterocycles. The Morgan fingerprint density at radius 2 is 1.52 bits per heavy atom. The molecule has 0 spiro atoms. The van der Waals surface area contributed by atoms with Gasteiger partial charge in [0.25, 0.3) is 0 Å². The molecule has 2 atom stereocenters. The van der Waals surface area contributed by atoms with Crippen molar-refractivity contribution < 1.29 is 28.5 Å². The molecule has 4 aromatic rings. The fraction of sp³-hybridized carbons (Fsp3) is 0.290. The first-order chi connectivity index (χ1) is 19.5.